The van der Waals surface area contributed by atoms with Gasteiger partial charge in [-0.15, -0.1) is 0 Å². The zero-order valence-corrected chi connectivity index (χ0v) is 12.9. The van der Waals surface area contributed by atoms with Gasteiger partial charge in [0, 0.05) is 12.2 Å². The van der Waals surface area contributed by atoms with Gasteiger partial charge in [0.25, 0.3) is 0 Å². The van der Waals surface area contributed by atoms with Gasteiger partial charge in [-0.05, 0) is 49.1 Å². The van der Waals surface area contributed by atoms with Crippen molar-refractivity contribution in [2.45, 2.75) is 51.5 Å². The van der Waals surface area contributed by atoms with Crippen LogP contribution in [0.15, 0.2) is 24.3 Å². The number of carbonyl (C=O) groups excluding carboxylic acids is 1. The standard InChI is InChI=1S/C18H26N2O/c1-13-6-8-14(9-7-13)12-19-18(21)17-11-10-15-4-2-3-5-16(15)20-17/h2-5,13-14,17,20H,6-12H2,1H3,(H,19,21). The lowest BCUT2D eigenvalue weighted by Gasteiger charge is -2.29. The van der Waals surface area contributed by atoms with E-state index in [0.29, 0.717) is 5.92 Å². The van der Waals surface area contributed by atoms with E-state index in [4.69, 9.17) is 0 Å². The molecule has 2 N–H and O–H groups in total. The van der Waals surface area contributed by atoms with Gasteiger partial charge in [0.05, 0.1) is 0 Å². The van der Waals surface area contributed by atoms with Crippen LogP contribution in [-0.4, -0.2) is 18.5 Å². The summed E-state index contributed by atoms with van der Waals surface area (Å²) in [5, 5.41) is 6.55. The minimum Gasteiger partial charge on any atom is -0.373 e. The monoisotopic (exact) mass is 286 g/mol. The second-order valence-electron chi connectivity index (χ2n) is 6.76. The normalized spacial score (nSPS) is 28.3. The molecule has 1 unspecified atom stereocenters. The Bertz CT molecular complexity index is 492. The van der Waals surface area contributed by atoms with Crippen molar-refractivity contribution in [3.05, 3.63) is 29.8 Å². The summed E-state index contributed by atoms with van der Waals surface area (Å²) in [7, 11) is 0. The third-order valence-electron chi connectivity index (χ3n) is 5.07. The molecule has 21 heavy (non-hydrogen) atoms. The third-order valence-corrected chi connectivity index (χ3v) is 5.07. The van der Waals surface area contributed by atoms with E-state index < -0.39 is 0 Å². The van der Waals surface area contributed by atoms with Crippen molar-refractivity contribution < 1.29 is 4.79 Å². The van der Waals surface area contributed by atoms with Gasteiger partial charge >= 0.3 is 0 Å². The molecule has 1 saturated carbocycles. The van der Waals surface area contributed by atoms with Crippen LogP contribution in [-0.2, 0) is 11.2 Å². The fraction of sp³-hybridized carbons (Fsp3) is 0.611. The number of rotatable bonds is 3. The highest BCUT2D eigenvalue weighted by atomic mass is 16.2. The third kappa shape index (κ3) is 3.58. The molecule has 3 rings (SSSR count). The highest BCUT2D eigenvalue weighted by molar-refractivity contribution is 5.85. The molecule has 3 heteroatoms. The van der Waals surface area contributed by atoms with Gasteiger partial charge in [0.2, 0.25) is 5.91 Å². The molecule has 1 atom stereocenters. The average molecular weight is 286 g/mol. The van der Waals surface area contributed by atoms with E-state index in [9.17, 15) is 4.79 Å². The lowest BCUT2D eigenvalue weighted by atomic mass is 9.83. The van der Waals surface area contributed by atoms with Crippen LogP contribution >= 0.6 is 0 Å². The van der Waals surface area contributed by atoms with E-state index >= 15 is 0 Å². The molecule has 0 radical (unpaired) electrons. The number of nitrogens with one attached hydrogen (secondary N) is 2. The molecule has 1 aromatic carbocycles. The Morgan fingerprint density at radius 2 is 1.95 bits per heavy atom. The van der Waals surface area contributed by atoms with Gasteiger partial charge in [0.1, 0.15) is 6.04 Å². The number of hydrogen-bond donors (Lipinski definition) is 2. The van der Waals surface area contributed by atoms with Crippen LogP contribution in [0.4, 0.5) is 5.69 Å². The Morgan fingerprint density at radius 3 is 2.76 bits per heavy atom. The van der Waals surface area contributed by atoms with E-state index in [0.717, 1.165) is 31.0 Å². The topological polar surface area (TPSA) is 41.1 Å². The maximum atomic E-state index is 12.3. The second-order valence-corrected chi connectivity index (χ2v) is 6.76. The summed E-state index contributed by atoms with van der Waals surface area (Å²) in [5.41, 5.74) is 2.44. The van der Waals surface area contributed by atoms with Crippen molar-refractivity contribution in [2.75, 3.05) is 11.9 Å². The van der Waals surface area contributed by atoms with E-state index in [-0.39, 0.29) is 11.9 Å². The molecule has 3 nitrogen and oxygen atoms in total. The summed E-state index contributed by atoms with van der Waals surface area (Å²) >= 11 is 0. The maximum absolute atomic E-state index is 12.3. The number of fused-ring (bicyclic) bond motifs is 1. The molecule has 1 aliphatic carbocycles. The maximum Gasteiger partial charge on any atom is 0.242 e. The number of anilines is 1. The predicted octanol–water partition coefficient (Wildman–Crippen LogP) is 3.36. The van der Waals surface area contributed by atoms with Gasteiger partial charge in [0.15, 0.2) is 0 Å². The number of carbonyl (C=O) groups is 1. The molecule has 0 bridgehead atoms. The minimum atomic E-state index is -0.0672. The molecule has 1 fully saturated rings. The Kier molecular flexibility index (Phi) is 4.47. The van der Waals surface area contributed by atoms with Crippen LogP contribution < -0.4 is 10.6 Å². The van der Waals surface area contributed by atoms with Crippen LogP contribution in [0.3, 0.4) is 0 Å². The zero-order chi connectivity index (χ0) is 14.7. The molecule has 2 aliphatic rings. The van der Waals surface area contributed by atoms with Gasteiger partial charge in [-0.25, -0.2) is 0 Å². The first-order chi connectivity index (χ1) is 10.2. The molecule has 1 aliphatic heterocycles. The van der Waals surface area contributed by atoms with Crippen molar-refractivity contribution in [1.82, 2.24) is 5.32 Å². The molecule has 0 saturated heterocycles. The van der Waals surface area contributed by atoms with E-state index in [1.54, 1.807) is 0 Å². The second kappa shape index (κ2) is 6.50. The number of aryl methyl sites for hydroxylation is 1. The Hall–Kier alpha value is -1.51. The zero-order valence-electron chi connectivity index (χ0n) is 12.9. The van der Waals surface area contributed by atoms with E-state index in [1.807, 2.05) is 6.07 Å². The Morgan fingerprint density at radius 1 is 1.19 bits per heavy atom. The number of benzene rings is 1. The summed E-state index contributed by atoms with van der Waals surface area (Å²) < 4.78 is 0. The SMILES string of the molecule is CC1CCC(CNC(=O)C2CCc3ccccc3N2)CC1. The van der Waals surface area contributed by atoms with Crippen LogP contribution in [0.2, 0.25) is 0 Å². The molecule has 1 aromatic rings. The summed E-state index contributed by atoms with van der Waals surface area (Å²) in [6.07, 6.45) is 7.04. The first kappa shape index (κ1) is 14.4. The number of hydrogen-bond acceptors (Lipinski definition) is 2. The first-order valence-electron chi connectivity index (χ1n) is 8.34. The van der Waals surface area contributed by atoms with E-state index in [2.05, 4.69) is 35.8 Å². The quantitative estimate of drug-likeness (QED) is 0.894. The molecule has 1 heterocycles. The molecular weight excluding hydrogens is 260 g/mol. The predicted molar refractivity (Wildman–Crippen MR) is 86.3 cm³/mol. The Balaban J connectivity index is 1.48. The highest BCUT2D eigenvalue weighted by Crippen LogP contribution is 2.28. The fourth-order valence-electron chi connectivity index (χ4n) is 3.54. The van der Waals surface area contributed by atoms with Gasteiger partial charge in [-0.1, -0.05) is 38.0 Å². The van der Waals surface area contributed by atoms with Crippen molar-refractivity contribution in [3.8, 4) is 0 Å². The number of para-hydroxylation sites is 1. The fourth-order valence-corrected chi connectivity index (χ4v) is 3.54. The van der Waals surface area contributed by atoms with Crippen molar-refractivity contribution in [2.24, 2.45) is 11.8 Å². The summed E-state index contributed by atoms with van der Waals surface area (Å²) in [6, 6.07) is 8.22. The van der Waals surface area contributed by atoms with Crippen molar-refractivity contribution >= 4 is 11.6 Å². The summed E-state index contributed by atoms with van der Waals surface area (Å²) in [5.74, 6) is 1.72. The summed E-state index contributed by atoms with van der Waals surface area (Å²) in [4.78, 5) is 12.3. The lowest BCUT2D eigenvalue weighted by molar-refractivity contribution is -0.122. The smallest absolute Gasteiger partial charge is 0.242 e. The van der Waals surface area contributed by atoms with Crippen LogP contribution in [0.5, 0.6) is 0 Å². The van der Waals surface area contributed by atoms with E-state index in [1.165, 1.54) is 31.2 Å². The van der Waals surface area contributed by atoms with Gasteiger partial charge in [-0.3, -0.25) is 4.79 Å². The largest absolute Gasteiger partial charge is 0.373 e. The molecular formula is C18H26N2O. The molecule has 0 spiro atoms. The minimum absolute atomic E-state index is 0.0672. The number of amides is 1. The average Bonchev–Trinajstić information content (AvgIpc) is 2.53. The van der Waals surface area contributed by atoms with Gasteiger partial charge < -0.3 is 10.6 Å². The van der Waals surface area contributed by atoms with Crippen molar-refractivity contribution in [1.29, 1.82) is 0 Å². The highest BCUT2D eigenvalue weighted by Gasteiger charge is 2.25. The van der Waals surface area contributed by atoms with Crippen LogP contribution in [0.1, 0.15) is 44.6 Å². The van der Waals surface area contributed by atoms with Gasteiger partial charge in [-0.2, -0.15) is 0 Å². The van der Waals surface area contributed by atoms with Crippen LogP contribution in [0.25, 0.3) is 0 Å². The first-order valence-corrected chi connectivity index (χ1v) is 8.34. The van der Waals surface area contributed by atoms with Crippen LogP contribution in [0, 0.1) is 11.8 Å². The lowest BCUT2D eigenvalue weighted by Crippen LogP contribution is -2.43. The molecule has 114 valence electrons. The molecule has 1 amide bonds. The Labute approximate surface area is 127 Å². The van der Waals surface area contributed by atoms with Crippen molar-refractivity contribution in [3.63, 3.8) is 0 Å². The summed E-state index contributed by atoms with van der Waals surface area (Å²) in [6.45, 7) is 3.18. The molecule has 0 aromatic heterocycles.